The molecule has 1 amide bonds. The molecule has 5 nitrogen and oxygen atoms in total. The topological polar surface area (TPSA) is 70.1 Å². The third kappa shape index (κ3) is 3.25. The molecule has 0 unspecified atom stereocenters. The zero-order chi connectivity index (χ0) is 12.1. The standard InChI is InChI=1S/C11H9BrN4O/c12-9-4-8(5-13-6-9)11(17)16-15-7-10-2-1-3-14-10/h1-7,14H,(H,16,17)/b15-7+. The minimum atomic E-state index is -0.304. The van der Waals surface area contributed by atoms with Crippen molar-refractivity contribution < 1.29 is 4.79 Å². The Morgan fingerprint density at radius 1 is 1.53 bits per heavy atom. The summed E-state index contributed by atoms with van der Waals surface area (Å²) in [4.78, 5) is 18.5. The van der Waals surface area contributed by atoms with Gasteiger partial charge in [0.15, 0.2) is 0 Å². The fourth-order valence-corrected chi connectivity index (χ4v) is 1.55. The number of carbonyl (C=O) groups is 1. The molecule has 0 aliphatic carbocycles. The third-order valence-corrected chi connectivity index (χ3v) is 2.39. The summed E-state index contributed by atoms with van der Waals surface area (Å²) in [7, 11) is 0. The number of hydrogen-bond acceptors (Lipinski definition) is 3. The normalized spacial score (nSPS) is 10.6. The van der Waals surface area contributed by atoms with Crippen molar-refractivity contribution in [3.8, 4) is 0 Å². The van der Waals surface area contributed by atoms with Crippen LogP contribution >= 0.6 is 15.9 Å². The molecule has 17 heavy (non-hydrogen) atoms. The molecule has 0 saturated carbocycles. The predicted molar refractivity (Wildman–Crippen MR) is 67.8 cm³/mol. The highest BCUT2D eigenvalue weighted by molar-refractivity contribution is 9.10. The highest BCUT2D eigenvalue weighted by Crippen LogP contribution is 2.09. The zero-order valence-electron chi connectivity index (χ0n) is 8.72. The van der Waals surface area contributed by atoms with Gasteiger partial charge >= 0.3 is 0 Å². The van der Waals surface area contributed by atoms with Gasteiger partial charge in [-0.3, -0.25) is 9.78 Å². The maximum absolute atomic E-state index is 11.6. The molecule has 2 aromatic rings. The van der Waals surface area contributed by atoms with E-state index < -0.39 is 0 Å². The monoisotopic (exact) mass is 292 g/mol. The number of hydrazone groups is 1. The third-order valence-electron chi connectivity index (χ3n) is 1.96. The Morgan fingerprint density at radius 2 is 2.41 bits per heavy atom. The van der Waals surface area contributed by atoms with Crippen LogP contribution in [0.3, 0.4) is 0 Å². The summed E-state index contributed by atoms with van der Waals surface area (Å²) in [5.41, 5.74) is 3.68. The second-order valence-electron chi connectivity index (χ2n) is 3.22. The number of aromatic amines is 1. The van der Waals surface area contributed by atoms with Crippen molar-refractivity contribution in [3.63, 3.8) is 0 Å². The maximum Gasteiger partial charge on any atom is 0.272 e. The van der Waals surface area contributed by atoms with Crippen LogP contribution in [0.1, 0.15) is 16.1 Å². The average molecular weight is 293 g/mol. The first-order valence-corrected chi connectivity index (χ1v) is 5.62. The lowest BCUT2D eigenvalue weighted by molar-refractivity contribution is 0.0954. The van der Waals surface area contributed by atoms with E-state index in [0.29, 0.717) is 5.56 Å². The van der Waals surface area contributed by atoms with Crippen LogP contribution < -0.4 is 5.43 Å². The first-order valence-electron chi connectivity index (χ1n) is 4.83. The molecule has 2 rings (SSSR count). The number of H-pyrrole nitrogens is 1. The van der Waals surface area contributed by atoms with Crippen molar-refractivity contribution in [2.75, 3.05) is 0 Å². The van der Waals surface area contributed by atoms with Crippen LogP contribution in [0, 0.1) is 0 Å². The number of amides is 1. The second kappa shape index (κ2) is 5.40. The molecule has 0 bridgehead atoms. The van der Waals surface area contributed by atoms with Gasteiger partial charge in [-0.25, -0.2) is 5.43 Å². The Bertz CT molecular complexity index is 536. The Balaban J connectivity index is 1.98. The Hall–Kier alpha value is -1.95. The Kier molecular flexibility index (Phi) is 3.66. The minimum Gasteiger partial charge on any atom is -0.360 e. The van der Waals surface area contributed by atoms with E-state index >= 15 is 0 Å². The lowest BCUT2D eigenvalue weighted by atomic mass is 10.3. The molecule has 0 radical (unpaired) electrons. The van der Waals surface area contributed by atoms with Gasteiger partial charge in [-0.05, 0) is 34.1 Å². The van der Waals surface area contributed by atoms with Gasteiger partial charge in [-0.15, -0.1) is 0 Å². The van der Waals surface area contributed by atoms with E-state index in [1.54, 1.807) is 18.5 Å². The van der Waals surface area contributed by atoms with Gasteiger partial charge in [0, 0.05) is 23.1 Å². The molecule has 0 aromatic carbocycles. The van der Waals surface area contributed by atoms with Crippen LogP contribution in [0.15, 0.2) is 46.4 Å². The van der Waals surface area contributed by atoms with Crippen molar-refractivity contribution in [2.24, 2.45) is 5.10 Å². The highest BCUT2D eigenvalue weighted by Gasteiger charge is 2.04. The lowest BCUT2D eigenvalue weighted by Crippen LogP contribution is -2.17. The van der Waals surface area contributed by atoms with Crippen molar-refractivity contribution in [1.29, 1.82) is 0 Å². The fourth-order valence-electron chi connectivity index (χ4n) is 1.19. The number of pyridine rings is 1. The van der Waals surface area contributed by atoms with Crippen LogP contribution in [-0.4, -0.2) is 22.1 Å². The summed E-state index contributed by atoms with van der Waals surface area (Å²) in [6, 6.07) is 5.37. The quantitative estimate of drug-likeness (QED) is 0.670. The van der Waals surface area contributed by atoms with E-state index in [-0.39, 0.29) is 5.91 Å². The summed E-state index contributed by atoms with van der Waals surface area (Å²) in [5, 5.41) is 3.82. The number of nitrogens with one attached hydrogen (secondary N) is 2. The second-order valence-corrected chi connectivity index (χ2v) is 4.13. The van der Waals surface area contributed by atoms with Gasteiger partial charge in [-0.2, -0.15) is 5.10 Å². The SMILES string of the molecule is O=C(N/N=C/c1ccc[nH]1)c1cncc(Br)c1. The van der Waals surface area contributed by atoms with Crippen LogP contribution in [0.5, 0.6) is 0 Å². The Labute approximate surface area is 106 Å². The fraction of sp³-hybridized carbons (Fsp3) is 0. The first kappa shape index (κ1) is 11.5. The van der Waals surface area contributed by atoms with Crippen molar-refractivity contribution >= 4 is 28.1 Å². The van der Waals surface area contributed by atoms with Gasteiger partial charge in [0.05, 0.1) is 17.5 Å². The molecule has 0 atom stereocenters. The molecule has 2 heterocycles. The summed E-state index contributed by atoms with van der Waals surface area (Å²) >= 11 is 3.24. The molecule has 6 heteroatoms. The molecule has 86 valence electrons. The maximum atomic E-state index is 11.6. The average Bonchev–Trinajstić information content (AvgIpc) is 2.82. The van der Waals surface area contributed by atoms with Gasteiger partial charge in [0.1, 0.15) is 0 Å². The molecule has 0 aliphatic rings. The summed E-state index contributed by atoms with van der Waals surface area (Å²) in [6.45, 7) is 0. The Morgan fingerprint density at radius 3 is 3.12 bits per heavy atom. The van der Waals surface area contributed by atoms with Crippen molar-refractivity contribution in [2.45, 2.75) is 0 Å². The van der Waals surface area contributed by atoms with Crippen LogP contribution in [-0.2, 0) is 0 Å². The first-order chi connectivity index (χ1) is 8.25. The molecular weight excluding hydrogens is 284 g/mol. The van der Waals surface area contributed by atoms with Gasteiger partial charge in [-0.1, -0.05) is 0 Å². The van der Waals surface area contributed by atoms with E-state index in [1.165, 1.54) is 12.4 Å². The minimum absolute atomic E-state index is 0.304. The number of carbonyl (C=O) groups excluding carboxylic acids is 1. The van der Waals surface area contributed by atoms with E-state index in [0.717, 1.165) is 10.2 Å². The number of rotatable bonds is 3. The van der Waals surface area contributed by atoms with E-state index in [2.05, 4.69) is 36.4 Å². The van der Waals surface area contributed by atoms with Crippen molar-refractivity contribution in [1.82, 2.24) is 15.4 Å². The van der Waals surface area contributed by atoms with E-state index in [1.807, 2.05) is 12.1 Å². The number of nitrogens with zero attached hydrogens (tertiary/aromatic N) is 2. The molecule has 0 aliphatic heterocycles. The molecular formula is C11H9BrN4O. The number of halogens is 1. The summed E-state index contributed by atoms with van der Waals surface area (Å²) in [5.74, 6) is -0.304. The van der Waals surface area contributed by atoms with E-state index in [4.69, 9.17) is 0 Å². The van der Waals surface area contributed by atoms with Gasteiger partial charge < -0.3 is 4.98 Å². The lowest BCUT2D eigenvalue weighted by Gasteiger charge is -1.98. The number of aromatic nitrogens is 2. The van der Waals surface area contributed by atoms with Crippen LogP contribution in [0.25, 0.3) is 0 Å². The van der Waals surface area contributed by atoms with Gasteiger partial charge in [0.25, 0.3) is 5.91 Å². The van der Waals surface area contributed by atoms with Gasteiger partial charge in [0.2, 0.25) is 0 Å². The smallest absolute Gasteiger partial charge is 0.272 e. The summed E-state index contributed by atoms with van der Waals surface area (Å²) < 4.78 is 0.749. The zero-order valence-corrected chi connectivity index (χ0v) is 10.3. The van der Waals surface area contributed by atoms with Crippen LogP contribution in [0.2, 0.25) is 0 Å². The van der Waals surface area contributed by atoms with Crippen molar-refractivity contribution in [3.05, 3.63) is 52.5 Å². The molecule has 0 spiro atoms. The molecule has 0 saturated heterocycles. The highest BCUT2D eigenvalue weighted by atomic mass is 79.9. The number of hydrogen-bond donors (Lipinski definition) is 2. The predicted octanol–water partition coefficient (Wildman–Crippen LogP) is 1.94. The van der Waals surface area contributed by atoms with E-state index in [9.17, 15) is 4.79 Å². The largest absolute Gasteiger partial charge is 0.360 e. The summed E-state index contributed by atoms with van der Waals surface area (Å²) in [6.07, 6.45) is 6.40. The van der Waals surface area contributed by atoms with Crippen LogP contribution in [0.4, 0.5) is 0 Å². The molecule has 2 aromatic heterocycles. The molecule has 0 fully saturated rings. The molecule has 2 N–H and O–H groups in total.